The molecule has 1 aliphatic rings. The SMILES string of the molecule is Cc1ccc(O)c(C(=O)N2CCOc3c(O)cc(-c4cccnc4)cc3C2)c1. The highest BCUT2D eigenvalue weighted by Gasteiger charge is 2.25. The summed E-state index contributed by atoms with van der Waals surface area (Å²) < 4.78 is 5.72. The molecule has 0 radical (unpaired) electrons. The van der Waals surface area contributed by atoms with Gasteiger partial charge in [-0.05, 0) is 42.8 Å². The van der Waals surface area contributed by atoms with Crippen LogP contribution < -0.4 is 4.74 Å². The molecule has 1 aliphatic heterocycles. The van der Waals surface area contributed by atoms with Gasteiger partial charge in [0.15, 0.2) is 11.5 Å². The lowest BCUT2D eigenvalue weighted by Gasteiger charge is -2.21. The van der Waals surface area contributed by atoms with Crippen LogP contribution in [0.25, 0.3) is 11.1 Å². The molecule has 0 spiro atoms. The molecule has 0 unspecified atom stereocenters. The Kier molecular flexibility index (Phi) is 4.61. The number of aromatic nitrogens is 1. The van der Waals surface area contributed by atoms with Crippen LogP contribution in [0, 0.1) is 6.92 Å². The van der Waals surface area contributed by atoms with E-state index in [-0.39, 0.29) is 36.1 Å². The van der Waals surface area contributed by atoms with Gasteiger partial charge in [0, 0.05) is 30.1 Å². The van der Waals surface area contributed by atoms with Gasteiger partial charge in [-0.1, -0.05) is 17.7 Å². The largest absolute Gasteiger partial charge is 0.507 e. The van der Waals surface area contributed by atoms with Gasteiger partial charge < -0.3 is 19.8 Å². The second kappa shape index (κ2) is 7.23. The second-order valence-electron chi connectivity index (χ2n) is 6.82. The van der Waals surface area contributed by atoms with Gasteiger partial charge in [-0.2, -0.15) is 0 Å². The molecule has 6 nitrogen and oxygen atoms in total. The fourth-order valence-electron chi connectivity index (χ4n) is 3.36. The number of aryl methyl sites for hydroxylation is 1. The molecular weight excluding hydrogens is 356 g/mol. The number of nitrogens with zero attached hydrogens (tertiary/aromatic N) is 2. The number of phenolic OH excluding ortho intramolecular Hbond substituents is 2. The van der Waals surface area contributed by atoms with Gasteiger partial charge in [-0.15, -0.1) is 0 Å². The van der Waals surface area contributed by atoms with E-state index < -0.39 is 0 Å². The summed E-state index contributed by atoms with van der Waals surface area (Å²) in [5.41, 5.74) is 3.51. The number of pyridine rings is 1. The van der Waals surface area contributed by atoms with E-state index in [1.807, 2.05) is 25.1 Å². The number of ether oxygens (including phenoxy) is 1. The first-order valence-corrected chi connectivity index (χ1v) is 9.01. The lowest BCUT2D eigenvalue weighted by molar-refractivity contribution is 0.0730. The molecular formula is C22H20N2O4. The van der Waals surface area contributed by atoms with Gasteiger partial charge in [0.1, 0.15) is 12.4 Å². The number of hydrogen-bond acceptors (Lipinski definition) is 5. The summed E-state index contributed by atoms with van der Waals surface area (Å²) in [4.78, 5) is 18.7. The van der Waals surface area contributed by atoms with E-state index in [1.165, 1.54) is 6.07 Å². The van der Waals surface area contributed by atoms with Crippen LogP contribution in [0.2, 0.25) is 0 Å². The predicted molar refractivity (Wildman–Crippen MR) is 104 cm³/mol. The molecule has 4 rings (SSSR count). The highest BCUT2D eigenvalue weighted by atomic mass is 16.5. The van der Waals surface area contributed by atoms with Crippen LogP contribution in [0.15, 0.2) is 54.9 Å². The molecule has 1 amide bonds. The van der Waals surface area contributed by atoms with Crippen molar-refractivity contribution in [2.75, 3.05) is 13.2 Å². The van der Waals surface area contributed by atoms with E-state index in [0.29, 0.717) is 17.9 Å². The van der Waals surface area contributed by atoms with E-state index in [1.54, 1.807) is 35.5 Å². The van der Waals surface area contributed by atoms with Crippen molar-refractivity contribution < 1.29 is 19.7 Å². The van der Waals surface area contributed by atoms with Gasteiger partial charge in [-0.25, -0.2) is 0 Å². The van der Waals surface area contributed by atoms with E-state index in [2.05, 4.69) is 4.98 Å². The first-order valence-electron chi connectivity index (χ1n) is 9.01. The molecule has 2 heterocycles. The number of carbonyl (C=O) groups is 1. The molecule has 0 aliphatic carbocycles. The fraction of sp³-hybridized carbons (Fsp3) is 0.182. The fourth-order valence-corrected chi connectivity index (χ4v) is 3.36. The zero-order chi connectivity index (χ0) is 19.7. The maximum absolute atomic E-state index is 13.0. The Labute approximate surface area is 162 Å². The summed E-state index contributed by atoms with van der Waals surface area (Å²) in [5.74, 6) is 0.0947. The van der Waals surface area contributed by atoms with Gasteiger partial charge in [0.25, 0.3) is 5.91 Å². The molecule has 2 aromatic carbocycles. The smallest absolute Gasteiger partial charge is 0.258 e. The van der Waals surface area contributed by atoms with E-state index in [0.717, 1.165) is 16.7 Å². The third-order valence-corrected chi connectivity index (χ3v) is 4.78. The average molecular weight is 376 g/mol. The van der Waals surface area contributed by atoms with Crippen molar-refractivity contribution in [1.82, 2.24) is 9.88 Å². The Hall–Kier alpha value is -3.54. The summed E-state index contributed by atoms with van der Waals surface area (Å²) in [6, 6.07) is 12.2. The van der Waals surface area contributed by atoms with Crippen LogP contribution in [0.1, 0.15) is 21.5 Å². The predicted octanol–water partition coefficient (Wildman–Crippen LogP) is 3.50. The van der Waals surface area contributed by atoms with Crippen LogP contribution in [-0.2, 0) is 6.54 Å². The Morgan fingerprint density at radius 1 is 1.11 bits per heavy atom. The maximum atomic E-state index is 13.0. The molecule has 6 heteroatoms. The van der Waals surface area contributed by atoms with Crippen molar-refractivity contribution in [3.63, 3.8) is 0 Å². The van der Waals surface area contributed by atoms with Crippen molar-refractivity contribution in [3.05, 3.63) is 71.5 Å². The molecule has 2 N–H and O–H groups in total. The lowest BCUT2D eigenvalue weighted by Crippen LogP contribution is -2.32. The van der Waals surface area contributed by atoms with Gasteiger partial charge in [0.05, 0.1) is 12.1 Å². The number of aromatic hydroxyl groups is 2. The summed E-state index contributed by atoms with van der Waals surface area (Å²) in [7, 11) is 0. The summed E-state index contributed by atoms with van der Waals surface area (Å²) in [6.07, 6.45) is 3.40. The van der Waals surface area contributed by atoms with Crippen LogP contribution in [0.5, 0.6) is 17.2 Å². The van der Waals surface area contributed by atoms with Gasteiger partial charge in [0.2, 0.25) is 0 Å². The molecule has 28 heavy (non-hydrogen) atoms. The third-order valence-electron chi connectivity index (χ3n) is 4.78. The number of fused-ring (bicyclic) bond motifs is 1. The zero-order valence-electron chi connectivity index (χ0n) is 15.4. The van der Waals surface area contributed by atoms with E-state index in [9.17, 15) is 15.0 Å². The zero-order valence-corrected chi connectivity index (χ0v) is 15.4. The van der Waals surface area contributed by atoms with Gasteiger partial charge in [-0.3, -0.25) is 9.78 Å². The first kappa shape index (κ1) is 17.9. The van der Waals surface area contributed by atoms with Crippen molar-refractivity contribution in [1.29, 1.82) is 0 Å². The van der Waals surface area contributed by atoms with E-state index in [4.69, 9.17) is 4.74 Å². The topological polar surface area (TPSA) is 82.9 Å². The average Bonchev–Trinajstić information content (AvgIpc) is 2.93. The Morgan fingerprint density at radius 3 is 2.75 bits per heavy atom. The molecule has 3 aromatic rings. The number of hydrogen-bond donors (Lipinski definition) is 2. The number of rotatable bonds is 2. The Bertz CT molecular complexity index is 1030. The number of amides is 1. The van der Waals surface area contributed by atoms with Crippen LogP contribution in [-0.4, -0.2) is 39.2 Å². The molecule has 142 valence electrons. The molecule has 0 saturated carbocycles. The summed E-state index contributed by atoms with van der Waals surface area (Å²) in [6.45, 7) is 2.74. The molecule has 1 aromatic heterocycles. The minimum Gasteiger partial charge on any atom is -0.507 e. The van der Waals surface area contributed by atoms with Crippen LogP contribution >= 0.6 is 0 Å². The van der Waals surface area contributed by atoms with Crippen LogP contribution in [0.3, 0.4) is 0 Å². The van der Waals surface area contributed by atoms with Crippen LogP contribution in [0.4, 0.5) is 0 Å². The highest BCUT2D eigenvalue weighted by molar-refractivity contribution is 5.97. The minimum absolute atomic E-state index is 0.0315. The first-order chi connectivity index (χ1) is 13.5. The number of phenols is 2. The van der Waals surface area contributed by atoms with Crippen molar-refractivity contribution in [2.24, 2.45) is 0 Å². The summed E-state index contributed by atoms with van der Waals surface area (Å²) in [5, 5.41) is 20.6. The minimum atomic E-state index is -0.274. The molecule has 0 bridgehead atoms. The van der Waals surface area contributed by atoms with Gasteiger partial charge >= 0.3 is 0 Å². The van der Waals surface area contributed by atoms with Crippen molar-refractivity contribution >= 4 is 5.91 Å². The molecule has 0 fully saturated rings. The monoisotopic (exact) mass is 376 g/mol. The highest BCUT2D eigenvalue weighted by Crippen LogP contribution is 2.37. The van der Waals surface area contributed by atoms with Crippen molar-refractivity contribution in [3.8, 4) is 28.4 Å². The van der Waals surface area contributed by atoms with E-state index >= 15 is 0 Å². The standard InChI is InChI=1S/C22H20N2O4/c1-14-4-5-19(25)18(9-14)22(27)24-7-8-28-21-17(13-24)10-16(11-20(21)26)15-3-2-6-23-12-15/h2-6,9-12,25-26H,7-8,13H2,1H3. The Morgan fingerprint density at radius 2 is 1.96 bits per heavy atom. The lowest BCUT2D eigenvalue weighted by atomic mass is 10.0. The second-order valence-corrected chi connectivity index (χ2v) is 6.82. The number of carbonyl (C=O) groups excluding carboxylic acids is 1. The molecule has 0 atom stereocenters. The third kappa shape index (κ3) is 3.36. The van der Waals surface area contributed by atoms with Crippen molar-refractivity contribution in [2.45, 2.75) is 13.5 Å². The summed E-state index contributed by atoms with van der Waals surface area (Å²) >= 11 is 0. The molecule has 0 saturated heterocycles. The normalized spacial score (nSPS) is 13.4. The number of benzene rings is 2. The quantitative estimate of drug-likeness (QED) is 0.715. The maximum Gasteiger partial charge on any atom is 0.258 e. The Balaban J connectivity index is 1.70.